The Hall–Kier alpha value is -5.25. The molecule has 2 aliphatic rings. The van der Waals surface area contributed by atoms with Crippen molar-refractivity contribution in [3.63, 3.8) is 0 Å². The van der Waals surface area contributed by atoms with Gasteiger partial charge in [-0.15, -0.1) is 0 Å². The first-order chi connectivity index (χ1) is 20.9. The minimum atomic E-state index is -0.462. The van der Waals surface area contributed by atoms with Gasteiger partial charge in [0.1, 0.15) is 5.82 Å². The number of rotatable bonds is 10. The fourth-order valence-electron chi connectivity index (χ4n) is 5.61. The Morgan fingerprint density at radius 3 is 2.53 bits per heavy atom. The third kappa shape index (κ3) is 5.90. The van der Waals surface area contributed by atoms with Crippen LogP contribution in [0.4, 0.5) is 17.1 Å². The highest BCUT2D eigenvalue weighted by molar-refractivity contribution is 6.37. The molecule has 10 nitrogen and oxygen atoms in total. The molecule has 0 saturated carbocycles. The Labute approximate surface area is 249 Å². The number of benzene rings is 3. The van der Waals surface area contributed by atoms with Crippen LogP contribution >= 0.6 is 0 Å². The molecule has 3 heterocycles. The second kappa shape index (κ2) is 11.9. The van der Waals surface area contributed by atoms with Crippen molar-refractivity contribution in [1.29, 1.82) is 0 Å². The summed E-state index contributed by atoms with van der Waals surface area (Å²) in [4.78, 5) is 46.0. The van der Waals surface area contributed by atoms with Crippen molar-refractivity contribution in [2.45, 2.75) is 39.0 Å². The van der Waals surface area contributed by atoms with Gasteiger partial charge < -0.3 is 20.5 Å². The molecule has 1 saturated heterocycles. The number of carbonyl (C=O) groups excluding carboxylic acids is 2. The number of amides is 2. The normalized spacial score (nSPS) is 15.4. The molecule has 218 valence electrons. The van der Waals surface area contributed by atoms with E-state index in [9.17, 15) is 19.7 Å². The molecule has 0 atom stereocenters. The van der Waals surface area contributed by atoms with Crippen molar-refractivity contribution in [2.24, 2.45) is 0 Å². The molecule has 1 aromatic heterocycles. The topological polar surface area (TPSA) is 133 Å². The number of aromatic amines is 1. The number of nitro benzene ring substituents is 1. The van der Waals surface area contributed by atoms with Gasteiger partial charge in [-0.3, -0.25) is 19.7 Å². The zero-order chi connectivity index (χ0) is 29.9. The predicted octanol–water partition coefficient (Wildman–Crippen LogP) is 6.03. The summed E-state index contributed by atoms with van der Waals surface area (Å²) in [6.07, 6.45) is 5.97. The summed E-state index contributed by atoms with van der Waals surface area (Å²) in [6, 6.07) is 20.1. The summed E-state index contributed by atoms with van der Waals surface area (Å²) in [7, 11) is 0. The van der Waals surface area contributed by atoms with E-state index in [2.05, 4.69) is 20.6 Å². The van der Waals surface area contributed by atoms with E-state index < -0.39 is 4.92 Å². The van der Waals surface area contributed by atoms with E-state index in [0.717, 1.165) is 72.7 Å². The Morgan fingerprint density at radius 2 is 1.86 bits per heavy atom. The third-order valence-electron chi connectivity index (χ3n) is 7.93. The van der Waals surface area contributed by atoms with Gasteiger partial charge in [0.2, 0.25) is 5.91 Å². The number of H-pyrrole nitrogens is 1. The smallest absolute Gasteiger partial charge is 0.270 e. The number of non-ortho nitro benzene ring substituents is 1. The summed E-state index contributed by atoms with van der Waals surface area (Å²) < 4.78 is 0. The lowest BCUT2D eigenvalue weighted by molar-refractivity contribution is -0.384. The predicted molar refractivity (Wildman–Crippen MR) is 166 cm³/mol. The van der Waals surface area contributed by atoms with Crippen LogP contribution in [0.3, 0.4) is 0 Å². The number of likely N-dealkylation sites (tertiary alicyclic amines) is 1. The minimum absolute atomic E-state index is 0.0891. The van der Waals surface area contributed by atoms with Crippen LogP contribution in [-0.4, -0.2) is 44.7 Å². The largest absolute Gasteiger partial charge is 0.354 e. The van der Waals surface area contributed by atoms with Crippen molar-refractivity contribution in [2.75, 3.05) is 23.7 Å². The van der Waals surface area contributed by atoms with Gasteiger partial charge in [-0.2, -0.15) is 0 Å². The Balaban J connectivity index is 1.31. The van der Waals surface area contributed by atoms with Gasteiger partial charge >= 0.3 is 0 Å². The molecule has 43 heavy (non-hydrogen) atoms. The molecule has 4 aromatic rings. The van der Waals surface area contributed by atoms with Gasteiger partial charge in [0.15, 0.2) is 0 Å². The molecule has 3 aromatic carbocycles. The number of hydrogen-bond acceptors (Lipinski definition) is 6. The van der Waals surface area contributed by atoms with Crippen molar-refractivity contribution in [3.05, 3.63) is 106 Å². The minimum Gasteiger partial charge on any atom is -0.354 e. The molecule has 2 aliphatic heterocycles. The number of hydrogen-bond donors (Lipinski definition) is 3. The lowest BCUT2D eigenvalue weighted by Gasteiger charge is -2.16. The lowest BCUT2D eigenvalue weighted by Crippen LogP contribution is -2.25. The van der Waals surface area contributed by atoms with Crippen LogP contribution in [0, 0.1) is 10.1 Å². The van der Waals surface area contributed by atoms with Crippen LogP contribution in [0.25, 0.3) is 22.5 Å². The van der Waals surface area contributed by atoms with E-state index in [4.69, 9.17) is 0 Å². The average Bonchev–Trinajstić information content (AvgIpc) is 3.74. The quantitative estimate of drug-likeness (QED) is 0.120. The van der Waals surface area contributed by atoms with Crippen LogP contribution in [-0.2, 0) is 22.4 Å². The summed E-state index contributed by atoms with van der Waals surface area (Å²) in [5.74, 6) is 0.811. The Bertz CT molecular complexity index is 1720. The summed E-state index contributed by atoms with van der Waals surface area (Å²) in [5.41, 5.74) is 6.25. The van der Waals surface area contributed by atoms with Crippen molar-refractivity contribution >= 4 is 40.1 Å². The van der Waals surface area contributed by atoms with Crippen LogP contribution in [0.1, 0.15) is 48.7 Å². The number of fused-ring (bicyclic) bond motifs is 1. The van der Waals surface area contributed by atoms with E-state index in [1.54, 1.807) is 6.07 Å². The van der Waals surface area contributed by atoms with Gasteiger partial charge in [0.25, 0.3) is 11.6 Å². The van der Waals surface area contributed by atoms with Gasteiger partial charge in [-0.05, 0) is 48.6 Å². The molecule has 6 rings (SSSR count). The molecule has 0 radical (unpaired) electrons. The fraction of sp³-hybridized carbons (Fsp3) is 0.242. The fourth-order valence-corrected chi connectivity index (χ4v) is 5.61. The molecule has 1 fully saturated rings. The first-order valence-corrected chi connectivity index (χ1v) is 14.5. The second-order valence-corrected chi connectivity index (χ2v) is 10.8. The van der Waals surface area contributed by atoms with E-state index in [-0.39, 0.29) is 17.5 Å². The maximum atomic E-state index is 13.3. The molecule has 3 N–H and O–H groups in total. The SMILES string of the molecule is CCc1nc(-c2ccc(NC(=C3C(=O)Nc4ccc([N+](=O)[O-])cc43)c3ccc(CCCN4CCCC4=O)cc3)cc2)c[nH]1. The number of aromatic nitrogens is 2. The molecule has 10 heteroatoms. The van der Waals surface area contributed by atoms with Gasteiger partial charge in [0, 0.05) is 66.8 Å². The molecular weight excluding hydrogens is 544 g/mol. The summed E-state index contributed by atoms with van der Waals surface area (Å²) in [6.45, 7) is 3.63. The highest BCUT2D eigenvalue weighted by Gasteiger charge is 2.30. The Morgan fingerprint density at radius 1 is 1.07 bits per heavy atom. The zero-order valence-electron chi connectivity index (χ0n) is 23.9. The van der Waals surface area contributed by atoms with Crippen LogP contribution in [0.2, 0.25) is 0 Å². The van der Waals surface area contributed by atoms with Crippen molar-refractivity contribution in [1.82, 2.24) is 14.9 Å². The number of carbonyl (C=O) groups is 2. The standard InChI is InChI=1S/C33H32N6O4/c1-2-29-34-20-28(36-29)22-11-13-24(14-12-22)35-32(31-26-19-25(39(42)43)15-16-27(26)37-33(31)41)23-9-7-21(8-10-23)5-3-17-38-18-4-6-30(38)40/h7-16,19-20,35H,2-6,17-18H2,1H3,(H,34,36)(H,37,41). The van der Waals surface area contributed by atoms with E-state index in [0.29, 0.717) is 28.9 Å². The summed E-state index contributed by atoms with van der Waals surface area (Å²) >= 11 is 0. The number of nitrogens with zero attached hydrogens (tertiary/aromatic N) is 3. The lowest BCUT2D eigenvalue weighted by atomic mass is 9.98. The van der Waals surface area contributed by atoms with Crippen LogP contribution in [0.5, 0.6) is 0 Å². The Kier molecular flexibility index (Phi) is 7.74. The van der Waals surface area contributed by atoms with Gasteiger partial charge in [-0.25, -0.2) is 4.98 Å². The second-order valence-electron chi connectivity index (χ2n) is 10.8. The molecule has 0 unspecified atom stereocenters. The molecule has 0 spiro atoms. The monoisotopic (exact) mass is 576 g/mol. The maximum Gasteiger partial charge on any atom is 0.270 e. The number of imidazole rings is 1. The number of nitro groups is 1. The highest BCUT2D eigenvalue weighted by Crippen LogP contribution is 2.39. The van der Waals surface area contributed by atoms with Crippen molar-refractivity contribution in [3.8, 4) is 11.3 Å². The highest BCUT2D eigenvalue weighted by atomic mass is 16.6. The van der Waals surface area contributed by atoms with E-state index in [1.807, 2.05) is 66.6 Å². The number of aryl methyl sites for hydroxylation is 2. The molecule has 0 bridgehead atoms. The molecule has 0 aliphatic carbocycles. The first-order valence-electron chi connectivity index (χ1n) is 14.5. The van der Waals surface area contributed by atoms with E-state index >= 15 is 0 Å². The number of anilines is 2. The van der Waals surface area contributed by atoms with Crippen molar-refractivity contribution < 1.29 is 14.5 Å². The van der Waals surface area contributed by atoms with Gasteiger partial charge in [0.05, 0.1) is 21.9 Å². The summed E-state index contributed by atoms with van der Waals surface area (Å²) in [5, 5.41) is 17.8. The number of nitrogens with one attached hydrogen (secondary N) is 3. The first kappa shape index (κ1) is 27.9. The molecule has 2 amide bonds. The average molecular weight is 577 g/mol. The molecular formula is C33H32N6O4. The maximum absolute atomic E-state index is 13.3. The zero-order valence-corrected chi connectivity index (χ0v) is 23.9. The third-order valence-corrected chi connectivity index (χ3v) is 7.93. The van der Waals surface area contributed by atoms with Crippen LogP contribution in [0.15, 0.2) is 72.9 Å². The van der Waals surface area contributed by atoms with E-state index in [1.165, 1.54) is 12.1 Å². The van der Waals surface area contributed by atoms with Crippen LogP contribution < -0.4 is 10.6 Å². The van der Waals surface area contributed by atoms with Gasteiger partial charge in [-0.1, -0.05) is 43.3 Å².